The molecule has 0 radical (unpaired) electrons. The molecule has 4 rings (SSSR count). The van der Waals surface area contributed by atoms with E-state index in [1.54, 1.807) is 13.0 Å². The highest BCUT2D eigenvalue weighted by molar-refractivity contribution is 5.92. The second-order valence-electron chi connectivity index (χ2n) is 6.61. The van der Waals surface area contributed by atoms with Crippen LogP contribution in [0, 0.1) is 12.8 Å². The van der Waals surface area contributed by atoms with E-state index in [1.807, 2.05) is 11.0 Å². The van der Waals surface area contributed by atoms with Crippen molar-refractivity contribution in [1.29, 1.82) is 0 Å². The van der Waals surface area contributed by atoms with Gasteiger partial charge in [0.05, 0.1) is 6.54 Å². The van der Waals surface area contributed by atoms with Crippen LogP contribution in [0.1, 0.15) is 59.9 Å². The minimum absolute atomic E-state index is 0.0721. The fraction of sp³-hybridized carbons (Fsp3) is 0.529. The van der Waals surface area contributed by atoms with Crippen molar-refractivity contribution in [3.8, 4) is 0 Å². The third-order valence-corrected chi connectivity index (χ3v) is 4.58. The van der Waals surface area contributed by atoms with E-state index in [1.165, 1.54) is 6.42 Å². The van der Waals surface area contributed by atoms with Crippen molar-refractivity contribution in [3.05, 3.63) is 41.2 Å². The van der Waals surface area contributed by atoms with Crippen molar-refractivity contribution in [1.82, 2.24) is 10.1 Å². The Kier molecular flexibility index (Phi) is 3.10. The highest BCUT2D eigenvalue weighted by atomic mass is 16.5. The summed E-state index contributed by atoms with van der Waals surface area (Å²) in [4.78, 5) is 14.5. The van der Waals surface area contributed by atoms with Gasteiger partial charge in [0.1, 0.15) is 17.3 Å². The minimum atomic E-state index is -0.0721. The van der Waals surface area contributed by atoms with Gasteiger partial charge in [-0.25, -0.2) is 0 Å². The fourth-order valence-corrected chi connectivity index (χ4v) is 2.93. The standard InChI is InChI=1S/C17H20N2O3/c1-10-7-14(10)16-6-5-13(21-16)9-19(12-3-4-12)17(20)15-8-11(2)22-18-15/h5-6,8,10,12,14H,3-4,7,9H2,1-2H3/t10-,14-/m0/s1. The summed E-state index contributed by atoms with van der Waals surface area (Å²) in [6.45, 7) is 4.54. The number of rotatable bonds is 5. The summed E-state index contributed by atoms with van der Waals surface area (Å²) in [6.07, 6.45) is 3.31. The number of nitrogens with zero attached hydrogens (tertiary/aromatic N) is 2. The van der Waals surface area contributed by atoms with Gasteiger partial charge in [0.25, 0.3) is 5.91 Å². The lowest BCUT2D eigenvalue weighted by Gasteiger charge is -2.19. The van der Waals surface area contributed by atoms with Crippen molar-refractivity contribution in [2.45, 2.75) is 51.6 Å². The Balaban J connectivity index is 1.50. The highest BCUT2D eigenvalue weighted by Crippen LogP contribution is 2.47. The summed E-state index contributed by atoms with van der Waals surface area (Å²) in [5, 5.41) is 3.84. The van der Waals surface area contributed by atoms with Gasteiger partial charge < -0.3 is 13.8 Å². The zero-order valence-electron chi connectivity index (χ0n) is 12.9. The number of hydrogen-bond acceptors (Lipinski definition) is 4. The second-order valence-corrected chi connectivity index (χ2v) is 6.61. The molecule has 2 aromatic heterocycles. The molecule has 22 heavy (non-hydrogen) atoms. The van der Waals surface area contributed by atoms with Gasteiger partial charge in [0, 0.05) is 18.0 Å². The maximum absolute atomic E-state index is 12.6. The largest absolute Gasteiger partial charge is 0.464 e. The Morgan fingerprint density at radius 2 is 2.18 bits per heavy atom. The second kappa shape index (κ2) is 5.00. The van der Waals surface area contributed by atoms with Gasteiger partial charge in [-0.1, -0.05) is 12.1 Å². The molecule has 2 atom stereocenters. The lowest BCUT2D eigenvalue weighted by Crippen LogP contribution is -2.32. The number of aromatic nitrogens is 1. The number of furan rings is 1. The van der Waals surface area contributed by atoms with Gasteiger partial charge in [-0.3, -0.25) is 4.79 Å². The predicted octanol–water partition coefficient (Wildman–Crippen LogP) is 3.50. The molecule has 0 N–H and O–H groups in total. The van der Waals surface area contributed by atoms with Gasteiger partial charge in [-0.15, -0.1) is 0 Å². The van der Waals surface area contributed by atoms with Crippen LogP contribution in [-0.2, 0) is 6.54 Å². The molecule has 0 aromatic carbocycles. The monoisotopic (exact) mass is 300 g/mol. The molecule has 2 aliphatic rings. The zero-order valence-corrected chi connectivity index (χ0v) is 12.9. The molecule has 2 aliphatic carbocycles. The Morgan fingerprint density at radius 3 is 2.77 bits per heavy atom. The molecule has 0 saturated heterocycles. The molecule has 2 saturated carbocycles. The van der Waals surface area contributed by atoms with Crippen LogP contribution in [0.2, 0.25) is 0 Å². The first-order chi connectivity index (χ1) is 10.6. The molecule has 116 valence electrons. The van der Waals surface area contributed by atoms with Crippen LogP contribution in [0.5, 0.6) is 0 Å². The zero-order chi connectivity index (χ0) is 15.3. The van der Waals surface area contributed by atoms with E-state index in [-0.39, 0.29) is 5.91 Å². The van der Waals surface area contributed by atoms with Crippen molar-refractivity contribution >= 4 is 5.91 Å². The lowest BCUT2D eigenvalue weighted by molar-refractivity contribution is 0.0706. The van der Waals surface area contributed by atoms with Crippen molar-refractivity contribution in [2.75, 3.05) is 0 Å². The normalized spacial score (nSPS) is 23.5. The molecule has 1 amide bonds. The van der Waals surface area contributed by atoms with Crippen LogP contribution < -0.4 is 0 Å². The number of carbonyl (C=O) groups excluding carboxylic acids is 1. The quantitative estimate of drug-likeness (QED) is 0.848. The SMILES string of the molecule is Cc1cc(C(=O)N(Cc2ccc([C@H]3C[C@@H]3C)o2)C2CC2)no1. The summed E-state index contributed by atoms with van der Waals surface area (Å²) in [5.41, 5.74) is 0.381. The molecule has 5 heteroatoms. The molecular weight excluding hydrogens is 280 g/mol. The number of amides is 1. The van der Waals surface area contributed by atoms with Gasteiger partial charge in [-0.05, 0) is 44.2 Å². The third-order valence-electron chi connectivity index (χ3n) is 4.58. The minimum Gasteiger partial charge on any atom is -0.464 e. The third kappa shape index (κ3) is 2.56. The Hall–Kier alpha value is -2.04. The van der Waals surface area contributed by atoms with E-state index in [0.717, 1.165) is 30.3 Å². The topological polar surface area (TPSA) is 59.5 Å². The maximum atomic E-state index is 12.6. The smallest absolute Gasteiger partial charge is 0.276 e. The predicted molar refractivity (Wildman–Crippen MR) is 79.4 cm³/mol. The summed E-state index contributed by atoms with van der Waals surface area (Å²) in [5.74, 6) is 3.78. The van der Waals surface area contributed by atoms with Crippen molar-refractivity contribution < 1.29 is 13.7 Å². The van der Waals surface area contributed by atoms with E-state index in [2.05, 4.69) is 18.1 Å². The Labute approximate surface area is 129 Å². The van der Waals surface area contributed by atoms with Crippen molar-refractivity contribution in [3.63, 3.8) is 0 Å². The number of aryl methyl sites for hydroxylation is 1. The molecule has 2 aromatic rings. The van der Waals surface area contributed by atoms with E-state index in [0.29, 0.717) is 30.0 Å². The Bertz CT molecular complexity index is 698. The lowest BCUT2D eigenvalue weighted by atomic mass is 10.2. The van der Waals surface area contributed by atoms with Gasteiger partial charge in [0.2, 0.25) is 0 Å². The molecular formula is C17H20N2O3. The molecule has 0 aliphatic heterocycles. The molecule has 5 nitrogen and oxygen atoms in total. The number of hydrogen-bond donors (Lipinski definition) is 0. The average molecular weight is 300 g/mol. The first kappa shape index (κ1) is 13.6. The fourth-order valence-electron chi connectivity index (χ4n) is 2.93. The van der Waals surface area contributed by atoms with Crippen LogP contribution in [0.3, 0.4) is 0 Å². The summed E-state index contributed by atoms with van der Waals surface area (Å²) in [6, 6.07) is 6.05. The molecule has 0 spiro atoms. The molecule has 2 heterocycles. The molecule has 0 bridgehead atoms. The van der Waals surface area contributed by atoms with Crippen LogP contribution in [0.15, 0.2) is 27.1 Å². The van der Waals surface area contributed by atoms with E-state index < -0.39 is 0 Å². The van der Waals surface area contributed by atoms with E-state index in [9.17, 15) is 4.79 Å². The average Bonchev–Trinajstić information content (AvgIpc) is 3.37. The van der Waals surface area contributed by atoms with Crippen LogP contribution in [0.4, 0.5) is 0 Å². The van der Waals surface area contributed by atoms with Crippen molar-refractivity contribution in [2.24, 2.45) is 5.92 Å². The van der Waals surface area contributed by atoms with Crippen LogP contribution in [0.25, 0.3) is 0 Å². The van der Waals surface area contributed by atoms with Gasteiger partial charge in [0.15, 0.2) is 5.69 Å². The van der Waals surface area contributed by atoms with Crippen LogP contribution in [-0.4, -0.2) is 22.0 Å². The van der Waals surface area contributed by atoms with Gasteiger partial charge >= 0.3 is 0 Å². The van der Waals surface area contributed by atoms with E-state index in [4.69, 9.17) is 8.94 Å². The van der Waals surface area contributed by atoms with Crippen LogP contribution >= 0.6 is 0 Å². The number of carbonyl (C=O) groups is 1. The maximum Gasteiger partial charge on any atom is 0.276 e. The highest BCUT2D eigenvalue weighted by Gasteiger charge is 2.38. The van der Waals surface area contributed by atoms with Gasteiger partial charge in [-0.2, -0.15) is 0 Å². The summed E-state index contributed by atoms with van der Waals surface area (Å²) in [7, 11) is 0. The molecule has 0 unspecified atom stereocenters. The summed E-state index contributed by atoms with van der Waals surface area (Å²) >= 11 is 0. The molecule has 2 fully saturated rings. The first-order valence-corrected chi connectivity index (χ1v) is 7.94. The van der Waals surface area contributed by atoms with E-state index >= 15 is 0 Å². The Morgan fingerprint density at radius 1 is 1.41 bits per heavy atom. The summed E-state index contributed by atoms with van der Waals surface area (Å²) < 4.78 is 11.0. The first-order valence-electron chi connectivity index (χ1n) is 7.94.